The van der Waals surface area contributed by atoms with Crippen molar-refractivity contribution < 1.29 is 14.4 Å². The molecule has 4 rings (SSSR count). The van der Waals surface area contributed by atoms with Crippen molar-refractivity contribution >= 4 is 23.4 Å². The first-order valence-corrected chi connectivity index (χ1v) is 8.68. The van der Waals surface area contributed by atoms with Gasteiger partial charge in [0.15, 0.2) is 0 Å². The number of aryl methyl sites for hydroxylation is 1. The number of nitrogens with zero attached hydrogens (tertiary/aromatic N) is 1. The number of likely N-dealkylation sites (tertiary alicyclic amines) is 1. The van der Waals surface area contributed by atoms with E-state index in [2.05, 4.69) is 10.6 Å². The second-order valence-electron chi connectivity index (χ2n) is 8.38. The Kier molecular flexibility index (Phi) is 3.06. The van der Waals surface area contributed by atoms with Crippen LogP contribution < -0.4 is 10.6 Å². The van der Waals surface area contributed by atoms with Crippen LogP contribution in [0.15, 0.2) is 18.2 Å². The lowest BCUT2D eigenvalue weighted by Crippen LogP contribution is -2.55. The molecule has 0 aliphatic carbocycles. The molecule has 6 heteroatoms. The largest absolute Gasteiger partial charge is 0.324 e. The predicted molar refractivity (Wildman–Crippen MR) is 92.7 cm³/mol. The van der Waals surface area contributed by atoms with E-state index in [-0.39, 0.29) is 23.8 Å². The highest BCUT2D eigenvalue weighted by Crippen LogP contribution is 2.54. The maximum atomic E-state index is 13.3. The summed E-state index contributed by atoms with van der Waals surface area (Å²) in [4.78, 5) is 40.7. The van der Waals surface area contributed by atoms with Crippen molar-refractivity contribution in [3.05, 3.63) is 29.3 Å². The number of hydrogen-bond acceptors (Lipinski definition) is 4. The molecule has 0 saturated carbocycles. The molecular weight excluding hydrogens is 318 g/mol. The quantitative estimate of drug-likeness (QED) is 0.702. The van der Waals surface area contributed by atoms with Gasteiger partial charge >= 0.3 is 0 Å². The van der Waals surface area contributed by atoms with Crippen LogP contribution in [0.4, 0.5) is 5.69 Å². The first-order valence-electron chi connectivity index (χ1n) is 8.68. The maximum Gasteiger partial charge on any atom is 0.250 e. The van der Waals surface area contributed by atoms with E-state index in [0.29, 0.717) is 0 Å². The number of hydrogen-bond donors (Lipinski definition) is 2. The lowest BCUT2D eigenvalue weighted by atomic mass is 9.76. The van der Waals surface area contributed by atoms with Crippen molar-refractivity contribution in [2.75, 3.05) is 5.32 Å². The first-order chi connectivity index (χ1) is 11.6. The van der Waals surface area contributed by atoms with Crippen molar-refractivity contribution in [3.8, 4) is 0 Å². The molecule has 3 heterocycles. The van der Waals surface area contributed by atoms with Gasteiger partial charge in [-0.1, -0.05) is 18.2 Å². The Labute approximate surface area is 147 Å². The molecular formula is C19H23N3O3. The molecule has 2 N–H and O–H groups in total. The summed E-state index contributed by atoms with van der Waals surface area (Å²) >= 11 is 0. The number of fused-ring (bicyclic) bond motifs is 4. The van der Waals surface area contributed by atoms with Gasteiger partial charge in [0.1, 0.15) is 5.54 Å². The fraction of sp³-hybridized carbons (Fsp3) is 0.526. The SMILES string of the molecule is Cc1cccc2c1NC(=O)[C@]21N[C@@H](C)[C@H]2C(=O)N(C(C)(C)C)C(=O)[C@@H]21. The van der Waals surface area contributed by atoms with Crippen LogP contribution >= 0.6 is 0 Å². The van der Waals surface area contributed by atoms with E-state index in [1.807, 2.05) is 52.8 Å². The Balaban J connectivity index is 1.93. The molecule has 3 aliphatic heterocycles. The normalized spacial score (nSPS) is 33.9. The van der Waals surface area contributed by atoms with Crippen LogP contribution in [-0.4, -0.2) is 34.2 Å². The number of amides is 3. The Bertz CT molecular complexity index is 826. The van der Waals surface area contributed by atoms with Gasteiger partial charge in [-0.25, -0.2) is 0 Å². The van der Waals surface area contributed by atoms with Gasteiger partial charge in [0.25, 0.3) is 0 Å². The third kappa shape index (κ3) is 1.80. The predicted octanol–water partition coefficient (Wildman–Crippen LogP) is 1.53. The molecule has 3 aliphatic rings. The minimum Gasteiger partial charge on any atom is -0.324 e. The van der Waals surface area contributed by atoms with Crippen LogP contribution in [-0.2, 0) is 19.9 Å². The van der Waals surface area contributed by atoms with E-state index >= 15 is 0 Å². The van der Waals surface area contributed by atoms with Gasteiger partial charge in [0.2, 0.25) is 17.7 Å². The van der Waals surface area contributed by atoms with Gasteiger partial charge in [-0.05, 0) is 40.2 Å². The zero-order valence-corrected chi connectivity index (χ0v) is 15.1. The standard InChI is InChI=1S/C19H23N3O3/c1-9-7-6-8-11-14(9)20-17(25)19(11)13-12(10(2)21-19)15(23)22(16(13)24)18(3,4)5/h6-8,10,12-13,21H,1-5H3,(H,20,25)/t10-,12+,13+,19-/m0/s1. The molecule has 2 saturated heterocycles. The molecule has 1 spiro atoms. The highest BCUT2D eigenvalue weighted by atomic mass is 16.2. The summed E-state index contributed by atoms with van der Waals surface area (Å²) in [5.41, 5.74) is 0.698. The zero-order chi connectivity index (χ0) is 18.3. The molecule has 6 nitrogen and oxygen atoms in total. The molecule has 1 aromatic carbocycles. The molecule has 0 aromatic heterocycles. The molecule has 3 amide bonds. The van der Waals surface area contributed by atoms with E-state index in [1.165, 1.54) is 4.90 Å². The second kappa shape index (κ2) is 4.69. The van der Waals surface area contributed by atoms with Crippen LogP contribution in [0.5, 0.6) is 0 Å². The van der Waals surface area contributed by atoms with Crippen molar-refractivity contribution in [2.45, 2.75) is 51.7 Å². The Morgan fingerprint density at radius 3 is 2.44 bits per heavy atom. The van der Waals surface area contributed by atoms with Gasteiger partial charge in [-0.15, -0.1) is 0 Å². The third-order valence-electron chi connectivity index (χ3n) is 5.78. The van der Waals surface area contributed by atoms with Gasteiger partial charge in [-0.2, -0.15) is 0 Å². The molecule has 4 atom stereocenters. The Hall–Kier alpha value is -2.21. The minimum absolute atomic E-state index is 0.187. The Morgan fingerprint density at radius 2 is 1.80 bits per heavy atom. The van der Waals surface area contributed by atoms with Gasteiger partial charge in [0, 0.05) is 22.8 Å². The minimum atomic E-state index is -1.17. The van der Waals surface area contributed by atoms with E-state index in [4.69, 9.17) is 0 Å². The molecule has 0 radical (unpaired) electrons. The third-order valence-corrected chi connectivity index (χ3v) is 5.78. The topological polar surface area (TPSA) is 78.5 Å². The monoisotopic (exact) mass is 341 g/mol. The van der Waals surface area contributed by atoms with E-state index < -0.39 is 22.9 Å². The number of carbonyl (C=O) groups excluding carboxylic acids is 3. The number of rotatable bonds is 0. The molecule has 25 heavy (non-hydrogen) atoms. The average Bonchev–Trinajstić information content (AvgIpc) is 3.05. The summed E-state index contributed by atoms with van der Waals surface area (Å²) < 4.78 is 0. The fourth-order valence-electron chi connectivity index (χ4n) is 4.80. The number of para-hydroxylation sites is 1. The number of carbonyl (C=O) groups is 3. The fourth-order valence-corrected chi connectivity index (χ4v) is 4.80. The average molecular weight is 341 g/mol. The van der Waals surface area contributed by atoms with Crippen molar-refractivity contribution in [1.29, 1.82) is 0 Å². The molecule has 2 fully saturated rings. The summed E-state index contributed by atoms with van der Waals surface area (Å²) in [6.45, 7) is 9.35. The van der Waals surface area contributed by atoms with Crippen LogP contribution in [0.25, 0.3) is 0 Å². The lowest BCUT2D eigenvalue weighted by Gasteiger charge is -2.34. The maximum absolute atomic E-state index is 13.3. The van der Waals surface area contributed by atoms with Crippen molar-refractivity contribution in [1.82, 2.24) is 10.2 Å². The van der Waals surface area contributed by atoms with E-state index in [0.717, 1.165) is 16.8 Å². The van der Waals surface area contributed by atoms with Crippen molar-refractivity contribution in [2.24, 2.45) is 11.8 Å². The van der Waals surface area contributed by atoms with Crippen LogP contribution in [0.1, 0.15) is 38.8 Å². The van der Waals surface area contributed by atoms with E-state index in [9.17, 15) is 14.4 Å². The lowest BCUT2D eigenvalue weighted by molar-refractivity contribution is -0.147. The first kappa shape index (κ1) is 16.3. The van der Waals surface area contributed by atoms with Crippen molar-refractivity contribution in [3.63, 3.8) is 0 Å². The number of anilines is 1. The van der Waals surface area contributed by atoms with Crippen LogP contribution in [0.2, 0.25) is 0 Å². The van der Waals surface area contributed by atoms with Gasteiger partial charge in [0.05, 0.1) is 11.8 Å². The molecule has 132 valence electrons. The summed E-state index contributed by atoms with van der Waals surface area (Å²) in [6.07, 6.45) is 0. The second-order valence-corrected chi connectivity index (χ2v) is 8.38. The van der Waals surface area contributed by atoms with Crippen LogP contribution in [0, 0.1) is 18.8 Å². The molecule has 0 bridgehead atoms. The highest BCUT2D eigenvalue weighted by molar-refractivity contribution is 6.15. The number of nitrogens with one attached hydrogen (secondary N) is 2. The smallest absolute Gasteiger partial charge is 0.250 e. The molecule has 0 unspecified atom stereocenters. The summed E-state index contributed by atoms with van der Waals surface area (Å²) in [5, 5.41) is 6.25. The Morgan fingerprint density at radius 1 is 1.12 bits per heavy atom. The van der Waals surface area contributed by atoms with Gasteiger partial charge in [-0.3, -0.25) is 24.6 Å². The van der Waals surface area contributed by atoms with Crippen LogP contribution in [0.3, 0.4) is 0 Å². The summed E-state index contributed by atoms with van der Waals surface area (Å²) in [5.74, 6) is -1.92. The number of imide groups is 1. The summed E-state index contributed by atoms with van der Waals surface area (Å²) in [7, 11) is 0. The zero-order valence-electron chi connectivity index (χ0n) is 15.1. The number of benzene rings is 1. The summed E-state index contributed by atoms with van der Waals surface area (Å²) in [6, 6.07) is 5.43. The highest BCUT2D eigenvalue weighted by Gasteiger charge is 2.70. The van der Waals surface area contributed by atoms with Gasteiger partial charge < -0.3 is 5.32 Å². The molecule has 1 aromatic rings. The van der Waals surface area contributed by atoms with E-state index in [1.54, 1.807) is 0 Å².